The van der Waals surface area contributed by atoms with E-state index in [2.05, 4.69) is 15.3 Å². The molecule has 1 N–H and O–H groups in total. The second-order valence-corrected chi connectivity index (χ2v) is 9.37. The first-order valence-electron chi connectivity index (χ1n) is 8.82. The number of rotatable bonds is 6. The Hall–Kier alpha value is -2.32. The molecule has 2 aromatic rings. The molecule has 3 rings (SSSR count). The van der Waals surface area contributed by atoms with Crippen molar-refractivity contribution in [2.75, 3.05) is 11.6 Å². The van der Waals surface area contributed by atoms with E-state index in [1.165, 1.54) is 30.7 Å². The van der Waals surface area contributed by atoms with Gasteiger partial charge in [-0.3, -0.25) is 14.6 Å². The molecule has 1 heterocycles. The summed E-state index contributed by atoms with van der Waals surface area (Å²) in [6.07, 6.45) is 7.67. The lowest BCUT2D eigenvalue weighted by atomic mass is 9.87. The van der Waals surface area contributed by atoms with E-state index in [0.717, 1.165) is 12.7 Å². The number of halogens is 1. The number of nitrogens with one attached hydrogen (secondary N) is 1. The van der Waals surface area contributed by atoms with Gasteiger partial charge in [0.1, 0.15) is 5.78 Å². The highest BCUT2D eigenvalue weighted by atomic mass is 35.5. The number of sulfone groups is 1. The number of carbonyl (C=O) groups is 2. The highest BCUT2D eigenvalue weighted by Crippen LogP contribution is 2.35. The minimum atomic E-state index is -3.47. The Kier molecular flexibility index (Phi) is 6.10. The van der Waals surface area contributed by atoms with Crippen LogP contribution in [0, 0.1) is 5.92 Å². The first kappa shape index (κ1) is 20.4. The molecule has 0 radical (unpaired) electrons. The average molecular weight is 422 g/mol. The van der Waals surface area contributed by atoms with Crippen LogP contribution in [-0.2, 0) is 19.4 Å². The molecule has 9 heteroatoms. The van der Waals surface area contributed by atoms with E-state index in [4.69, 9.17) is 11.6 Å². The van der Waals surface area contributed by atoms with Crippen molar-refractivity contribution < 1.29 is 18.0 Å². The molecule has 1 fully saturated rings. The molecular weight excluding hydrogens is 402 g/mol. The standard InChI is InChI=1S/C19H20ClN3O4S/c1-28(26,27)17-5-3-13(10-16(17)20)15(9-12-2-4-14(24)8-12)19(25)23-18-11-21-6-7-22-18/h3,5-7,10-12,15H,2,4,8-9H2,1H3,(H,22,23,25)/t12-,15?/m1/s1. The summed E-state index contributed by atoms with van der Waals surface area (Å²) in [5, 5.41) is 2.80. The largest absolute Gasteiger partial charge is 0.309 e. The summed E-state index contributed by atoms with van der Waals surface area (Å²) in [5.74, 6) is -0.284. The number of hydrogen-bond donors (Lipinski definition) is 1. The number of nitrogens with zero attached hydrogens (tertiary/aromatic N) is 2. The van der Waals surface area contributed by atoms with Crippen LogP contribution in [0.5, 0.6) is 0 Å². The van der Waals surface area contributed by atoms with Gasteiger partial charge in [0.2, 0.25) is 5.91 Å². The number of anilines is 1. The maximum Gasteiger partial charge on any atom is 0.233 e. The topological polar surface area (TPSA) is 106 Å². The molecule has 1 aromatic carbocycles. The number of benzene rings is 1. The summed E-state index contributed by atoms with van der Waals surface area (Å²) in [7, 11) is -3.47. The number of ketones is 1. The minimum absolute atomic E-state index is 0.0158. The third kappa shape index (κ3) is 4.94. The van der Waals surface area contributed by atoms with Gasteiger partial charge in [0.05, 0.1) is 22.0 Å². The van der Waals surface area contributed by atoms with Crippen molar-refractivity contribution in [2.45, 2.75) is 36.5 Å². The van der Waals surface area contributed by atoms with Gasteiger partial charge in [-0.1, -0.05) is 17.7 Å². The molecule has 1 amide bonds. The summed E-state index contributed by atoms with van der Waals surface area (Å²) >= 11 is 6.18. The molecule has 7 nitrogen and oxygen atoms in total. The van der Waals surface area contributed by atoms with E-state index in [1.54, 1.807) is 6.07 Å². The maximum absolute atomic E-state index is 13.0. The summed E-state index contributed by atoms with van der Waals surface area (Å²) in [6.45, 7) is 0. The predicted molar refractivity (Wildman–Crippen MR) is 105 cm³/mol. The van der Waals surface area contributed by atoms with Gasteiger partial charge < -0.3 is 5.32 Å². The summed E-state index contributed by atoms with van der Waals surface area (Å²) in [5.41, 5.74) is 0.595. The van der Waals surface area contributed by atoms with E-state index in [9.17, 15) is 18.0 Å². The second-order valence-electron chi connectivity index (χ2n) is 6.98. The Bertz CT molecular complexity index is 995. The smallest absolute Gasteiger partial charge is 0.233 e. The van der Waals surface area contributed by atoms with E-state index in [0.29, 0.717) is 30.6 Å². The fourth-order valence-electron chi connectivity index (χ4n) is 3.43. The third-order valence-corrected chi connectivity index (χ3v) is 6.39. The molecule has 0 saturated heterocycles. The van der Waals surface area contributed by atoms with Crippen LogP contribution < -0.4 is 5.32 Å². The van der Waals surface area contributed by atoms with Crippen LogP contribution in [-0.4, -0.2) is 36.3 Å². The van der Waals surface area contributed by atoms with Crippen molar-refractivity contribution in [3.05, 3.63) is 47.4 Å². The Balaban J connectivity index is 1.90. The molecule has 1 unspecified atom stereocenters. The van der Waals surface area contributed by atoms with Crippen LogP contribution in [0.25, 0.3) is 0 Å². The van der Waals surface area contributed by atoms with E-state index < -0.39 is 15.8 Å². The van der Waals surface area contributed by atoms with Crippen LogP contribution in [0.4, 0.5) is 5.82 Å². The lowest BCUT2D eigenvalue weighted by molar-refractivity contribution is -0.119. The lowest BCUT2D eigenvalue weighted by Gasteiger charge is -2.20. The Labute approximate surface area is 168 Å². The number of carbonyl (C=O) groups excluding carboxylic acids is 2. The zero-order valence-electron chi connectivity index (χ0n) is 15.3. The molecule has 1 aliphatic rings. The van der Waals surface area contributed by atoms with E-state index >= 15 is 0 Å². The monoisotopic (exact) mass is 421 g/mol. The predicted octanol–water partition coefficient (Wildman–Crippen LogP) is 3.02. The highest BCUT2D eigenvalue weighted by Gasteiger charge is 2.30. The quantitative estimate of drug-likeness (QED) is 0.768. The molecule has 1 aliphatic carbocycles. The zero-order chi connectivity index (χ0) is 20.3. The van der Waals surface area contributed by atoms with Crippen LogP contribution in [0.1, 0.15) is 37.2 Å². The summed E-state index contributed by atoms with van der Waals surface area (Å²) in [4.78, 5) is 32.6. The highest BCUT2D eigenvalue weighted by molar-refractivity contribution is 7.90. The number of aromatic nitrogens is 2. The molecule has 1 saturated carbocycles. The zero-order valence-corrected chi connectivity index (χ0v) is 16.8. The van der Waals surface area contributed by atoms with Gasteiger partial charge in [-0.25, -0.2) is 13.4 Å². The van der Waals surface area contributed by atoms with Gasteiger partial charge in [0.15, 0.2) is 15.7 Å². The van der Waals surface area contributed by atoms with Crippen molar-refractivity contribution in [1.29, 1.82) is 0 Å². The van der Waals surface area contributed by atoms with Crippen molar-refractivity contribution in [3.8, 4) is 0 Å². The molecule has 0 spiro atoms. The van der Waals surface area contributed by atoms with Gasteiger partial charge in [0, 0.05) is 31.5 Å². The van der Waals surface area contributed by atoms with Crippen molar-refractivity contribution in [2.24, 2.45) is 5.92 Å². The van der Waals surface area contributed by atoms with Gasteiger partial charge in [-0.15, -0.1) is 0 Å². The van der Waals surface area contributed by atoms with Crippen molar-refractivity contribution in [3.63, 3.8) is 0 Å². The number of Topliss-reactive ketones (excluding diaryl/α,β-unsaturated/α-hetero) is 1. The Morgan fingerprint density at radius 3 is 2.71 bits per heavy atom. The van der Waals surface area contributed by atoms with E-state index in [1.807, 2.05) is 0 Å². The van der Waals surface area contributed by atoms with Gasteiger partial charge in [-0.05, 0) is 36.5 Å². The maximum atomic E-state index is 13.0. The fourth-order valence-corrected chi connectivity index (χ4v) is 4.77. The molecule has 2 atom stereocenters. The van der Waals surface area contributed by atoms with Crippen molar-refractivity contribution >= 4 is 38.9 Å². The molecule has 148 valence electrons. The normalized spacial score (nSPS) is 18.1. The van der Waals surface area contributed by atoms with Crippen LogP contribution in [0.3, 0.4) is 0 Å². The number of amides is 1. The second kappa shape index (κ2) is 8.36. The molecule has 28 heavy (non-hydrogen) atoms. The summed E-state index contributed by atoms with van der Waals surface area (Å²) in [6, 6.07) is 4.52. The van der Waals surface area contributed by atoms with Gasteiger partial charge >= 0.3 is 0 Å². The van der Waals surface area contributed by atoms with Crippen LogP contribution >= 0.6 is 11.6 Å². The van der Waals surface area contributed by atoms with E-state index in [-0.39, 0.29) is 27.5 Å². The van der Waals surface area contributed by atoms with Gasteiger partial charge in [-0.2, -0.15) is 0 Å². The average Bonchev–Trinajstić information content (AvgIpc) is 3.04. The molecule has 0 aliphatic heterocycles. The number of hydrogen-bond acceptors (Lipinski definition) is 6. The molecule has 1 aromatic heterocycles. The minimum Gasteiger partial charge on any atom is -0.309 e. The summed E-state index contributed by atoms with van der Waals surface area (Å²) < 4.78 is 23.6. The SMILES string of the molecule is CS(=O)(=O)c1ccc(C(C[C@@H]2CCC(=O)C2)C(=O)Nc2cnccn2)cc1Cl. The Morgan fingerprint density at radius 1 is 1.36 bits per heavy atom. The first-order valence-corrected chi connectivity index (χ1v) is 11.1. The molecular formula is C19H20ClN3O4S. The Morgan fingerprint density at radius 2 is 2.14 bits per heavy atom. The fraction of sp³-hybridized carbons (Fsp3) is 0.368. The van der Waals surface area contributed by atoms with Crippen molar-refractivity contribution in [1.82, 2.24) is 9.97 Å². The van der Waals surface area contributed by atoms with Crippen LogP contribution in [0.2, 0.25) is 5.02 Å². The van der Waals surface area contributed by atoms with Crippen LogP contribution in [0.15, 0.2) is 41.7 Å². The lowest BCUT2D eigenvalue weighted by Crippen LogP contribution is -2.24. The molecule has 0 bridgehead atoms. The first-order chi connectivity index (χ1) is 13.2. The van der Waals surface area contributed by atoms with Gasteiger partial charge in [0.25, 0.3) is 0 Å². The third-order valence-electron chi connectivity index (χ3n) is 4.81.